The highest BCUT2D eigenvalue weighted by molar-refractivity contribution is 5.79. The van der Waals surface area contributed by atoms with Crippen molar-refractivity contribution in [3.8, 4) is 0 Å². The van der Waals surface area contributed by atoms with Gasteiger partial charge in [-0.15, -0.1) is 0 Å². The molecule has 1 unspecified atom stereocenters. The minimum absolute atomic E-state index is 0.333. The second-order valence-corrected chi connectivity index (χ2v) is 3.68. The minimum Gasteiger partial charge on any atom is -0.480 e. The first kappa shape index (κ1) is 10.6. The van der Waals surface area contributed by atoms with E-state index in [2.05, 4.69) is 4.98 Å². The van der Waals surface area contributed by atoms with Crippen molar-refractivity contribution in [3.63, 3.8) is 0 Å². The largest absolute Gasteiger partial charge is 0.480 e. The van der Waals surface area contributed by atoms with E-state index in [1.165, 1.54) is 0 Å². The molecule has 2 aromatic rings. The van der Waals surface area contributed by atoms with Crippen LogP contribution in [0.15, 0.2) is 36.5 Å². The summed E-state index contributed by atoms with van der Waals surface area (Å²) in [5, 5.41) is 9.72. The summed E-state index contributed by atoms with van der Waals surface area (Å²) >= 11 is 0. The Balaban J connectivity index is 2.29. The first-order chi connectivity index (χ1) is 7.66. The molecule has 16 heavy (non-hydrogen) atoms. The van der Waals surface area contributed by atoms with Crippen LogP contribution in [0.4, 0.5) is 0 Å². The average Bonchev–Trinajstić information content (AvgIpc) is 2.28. The van der Waals surface area contributed by atoms with Gasteiger partial charge in [0.1, 0.15) is 6.04 Å². The molecule has 0 aliphatic carbocycles. The van der Waals surface area contributed by atoms with Gasteiger partial charge in [-0.25, -0.2) is 0 Å². The van der Waals surface area contributed by atoms with E-state index >= 15 is 0 Å². The number of fused-ring (bicyclic) bond motifs is 1. The van der Waals surface area contributed by atoms with Crippen LogP contribution in [0.1, 0.15) is 5.56 Å². The Morgan fingerprint density at radius 2 is 2.25 bits per heavy atom. The summed E-state index contributed by atoms with van der Waals surface area (Å²) in [6, 6.07) is 8.60. The number of carbonyl (C=O) groups is 1. The lowest BCUT2D eigenvalue weighted by atomic mass is 10.0. The number of hydrogen-bond acceptors (Lipinski definition) is 3. The third kappa shape index (κ3) is 2.17. The van der Waals surface area contributed by atoms with E-state index in [4.69, 9.17) is 10.8 Å². The Hall–Kier alpha value is -1.94. The van der Waals surface area contributed by atoms with Crippen LogP contribution < -0.4 is 5.73 Å². The van der Waals surface area contributed by atoms with E-state index in [0.29, 0.717) is 6.42 Å². The monoisotopic (exact) mass is 216 g/mol. The van der Waals surface area contributed by atoms with E-state index in [9.17, 15) is 4.79 Å². The van der Waals surface area contributed by atoms with Crippen LogP contribution in [0.3, 0.4) is 0 Å². The number of nitrogens with zero attached hydrogens (tertiary/aromatic N) is 1. The summed E-state index contributed by atoms with van der Waals surface area (Å²) in [6.45, 7) is 0. The number of hydrogen-bond donors (Lipinski definition) is 2. The molecule has 0 bridgehead atoms. The zero-order valence-corrected chi connectivity index (χ0v) is 8.63. The van der Waals surface area contributed by atoms with Gasteiger partial charge in [0.05, 0.1) is 5.52 Å². The van der Waals surface area contributed by atoms with Crippen molar-refractivity contribution in [3.05, 3.63) is 42.1 Å². The van der Waals surface area contributed by atoms with Crippen LogP contribution in [0, 0.1) is 0 Å². The van der Waals surface area contributed by atoms with Crippen molar-refractivity contribution in [2.75, 3.05) is 0 Å². The fourth-order valence-electron chi connectivity index (χ4n) is 1.59. The molecular formula is C12H12N2O2. The Morgan fingerprint density at radius 3 is 3.00 bits per heavy atom. The normalized spacial score (nSPS) is 12.6. The quantitative estimate of drug-likeness (QED) is 0.808. The topological polar surface area (TPSA) is 76.2 Å². The van der Waals surface area contributed by atoms with Gasteiger partial charge in [-0.3, -0.25) is 9.78 Å². The first-order valence-electron chi connectivity index (χ1n) is 4.99. The molecular weight excluding hydrogens is 204 g/mol. The van der Waals surface area contributed by atoms with Gasteiger partial charge in [0.25, 0.3) is 0 Å². The predicted octanol–water partition coefficient (Wildman–Crippen LogP) is 1.19. The van der Waals surface area contributed by atoms with Gasteiger partial charge in [0.15, 0.2) is 0 Å². The highest BCUT2D eigenvalue weighted by atomic mass is 16.4. The number of rotatable bonds is 3. The van der Waals surface area contributed by atoms with Gasteiger partial charge in [0.2, 0.25) is 0 Å². The lowest BCUT2D eigenvalue weighted by Crippen LogP contribution is -2.32. The molecule has 0 amide bonds. The molecule has 1 atom stereocenters. The fourth-order valence-corrected chi connectivity index (χ4v) is 1.59. The second-order valence-electron chi connectivity index (χ2n) is 3.68. The zero-order valence-electron chi connectivity index (χ0n) is 8.63. The summed E-state index contributed by atoms with van der Waals surface area (Å²) in [5.41, 5.74) is 7.29. The van der Waals surface area contributed by atoms with Crippen LogP contribution in [0.5, 0.6) is 0 Å². The molecule has 2 rings (SSSR count). The number of aliphatic carboxylic acids is 1. The van der Waals surface area contributed by atoms with Crippen LogP contribution in [-0.4, -0.2) is 22.1 Å². The molecule has 4 nitrogen and oxygen atoms in total. The Bertz CT molecular complexity index is 525. The van der Waals surface area contributed by atoms with Crippen LogP contribution in [0.25, 0.3) is 10.9 Å². The summed E-state index contributed by atoms with van der Waals surface area (Å²) in [4.78, 5) is 14.8. The van der Waals surface area contributed by atoms with E-state index in [0.717, 1.165) is 16.5 Å². The zero-order chi connectivity index (χ0) is 11.5. The fraction of sp³-hybridized carbons (Fsp3) is 0.167. The van der Waals surface area contributed by atoms with Gasteiger partial charge in [-0.1, -0.05) is 12.1 Å². The Kier molecular flexibility index (Phi) is 2.83. The van der Waals surface area contributed by atoms with Gasteiger partial charge in [-0.05, 0) is 30.2 Å². The molecule has 0 aliphatic heterocycles. The third-order valence-corrected chi connectivity index (χ3v) is 2.44. The summed E-state index contributed by atoms with van der Waals surface area (Å²) in [5.74, 6) is -0.980. The molecule has 82 valence electrons. The first-order valence-corrected chi connectivity index (χ1v) is 4.99. The molecule has 0 saturated carbocycles. The summed E-state index contributed by atoms with van der Waals surface area (Å²) < 4.78 is 0. The molecule has 1 heterocycles. The molecule has 0 saturated heterocycles. The van der Waals surface area contributed by atoms with Crippen molar-refractivity contribution in [1.82, 2.24) is 4.98 Å². The highest BCUT2D eigenvalue weighted by Crippen LogP contribution is 2.14. The van der Waals surface area contributed by atoms with Crippen molar-refractivity contribution in [1.29, 1.82) is 0 Å². The molecule has 0 fully saturated rings. The van der Waals surface area contributed by atoms with Crippen molar-refractivity contribution >= 4 is 16.9 Å². The molecule has 4 heteroatoms. The maximum Gasteiger partial charge on any atom is 0.320 e. The van der Waals surface area contributed by atoms with Gasteiger partial charge in [-0.2, -0.15) is 0 Å². The number of carboxylic acid groups (broad SMARTS) is 1. The molecule has 0 radical (unpaired) electrons. The molecule has 0 spiro atoms. The van der Waals surface area contributed by atoms with Gasteiger partial charge in [0, 0.05) is 11.6 Å². The molecule has 3 N–H and O–H groups in total. The number of pyridine rings is 1. The Labute approximate surface area is 92.7 Å². The smallest absolute Gasteiger partial charge is 0.320 e. The maximum atomic E-state index is 10.6. The molecule has 1 aromatic carbocycles. The maximum absolute atomic E-state index is 10.6. The summed E-state index contributed by atoms with van der Waals surface area (Å²) in [6.07, 6.45) is 2.06. The molecule has 0 aliphatic rings. The average molecular weight is 216 g/mol. The van der Waals surface area contributed by atoms with Crippen LogP contribution in [0.2, 0.25) is 0 Å². The standard InChI is InChI=1S/C12H12N2O2/c13-10(12(15)16)7-8-3-4-11-9(6-8)2-1-5-14-11/h1-6,10H,7,13H2,(H,15,16). The van der Waals surface area contributed by atoms with E-state index < -0.39 is 12.0 Å². The summed E-state index contributed by atoms with van der Waals surface area (Å²) in [7, 11) is 0. The SMILES string of the molecule is NC(Cc1ccc2ncccc2c1)C(=O)O. The number of benzene rings is 1. The van der Waals surface area contributed by atoms with E-state index in [1.54, 1.807) is 6.20 Å². The molecule has 1 aromatic heterocycles. The van der Waals surface area contributed by atoms with Crippen LogP contribution in [-0.2, 0) is 11.2 Å². The van der Waals surface area contributed by atoms with Crippen molar-refractivity contribution in [2.24, 2.45) is 5.73 Å². The van der Waals surface area contributed by atoms with Gasteiger partial charge < -0.3 is 10.8 Å². The lowest BCUT2D eigenvalue weighted by molar-refractivity contribution is -0.138. The van der Waals surface area contributed by atoms with Crippen molar-refractivity contribution in [2.45, 2.75) is 12.5 Å². The predicted molar refractivity (Wildman–Crippen MR) is 61.1 cm³/mol. The lowest BCUT2D eigenvalue weighted by Gasteiger charge is -2.07. The van der Waals surface area contributed by atoms with Crippen molar-refractivity contribution < 1.29 is 9.90 Å². The van der Waals surface area contributed by atoms with E-state index in [1.807, 2.05) is 30.3 Å². The second kappa shape index (κ2) is 4.28. The third-order valence-electron chi connectivity index (χ3n) is 2.44. The number of aromatic nitrogens is 1. The Morgan fingerprint density at radius 1 is 1.44 bits per heavy atom. The van der Waals surface area contributed by atoms with E-state index in [-0.39, 0.29) is 0 Å². The highest BCUT2D eigenvalue weighted by Gasteiger charge is 2.12. The number of carboxylic acids is 1. The van der Waals surface area contributed by atoms with Gasteiger partial charge >= 0.3 is 5.97 Å². The minimum atomic E-state index is -0.980. The van der Waals surface area contributed by atoms with Crippen LogP contribution >= 0.6 is 0 Å². The number of nitrogens with two attached hydrogens (primary N) is 1.